The standard InChI is InChI=1S/C20H21Br2NO6/c1-3-26-11-6-4-10(5-7-11)23-16(24)12-13(17(23)25)20(18-27-8-9-28-18)15(22)14(21)19(12,2)29-20/h4-7,12-15,18H,3,8-9H2,1-2H3/t12-,13+,14+,15+,19+,20+/m0/s1. The number of benzene rings is 1. The number of carbonyl (C=O) groups is 2. The highest BCUT2D eigenvalue weighted by atomic mass is 79.9. The third-order valence-corrected chi connectivity index (χ3v) is 9.83. The fraction of sp³-hybridized carbons (Fsp3) is 0.600. The highest BCUT2D eigenvalue weighted by molar-refractivity contribution is 9.12. The zero-order chi connectivity index (χ0) is 20.6. The Hall–Kier alpha value is -1.00. The van der Waals surface area contributed by atoms with E-state index in [0.717, 1.165) is 0 Å². The van der Waals surface area contributed by atoms with E-state index in [0.29, 0.717) is 31.3 Å². The lowest BCUT2D eigenvalue weighted by Crippen LogP contribution is -2.59. The van der Waals surface area contributed by atoms with Crippen LogP contribution in [0.25, 0.3) is 0 Å². The van der Waals surface area contributed by atoms with Crippen LogP contribution in [0.2, 0.25) is 0 Å². The van der Waals surface area contributed by atoms with Crippen LogP contribution in [0.5, 0.6) is 5.75 Å². The van der Waals surface area contributed by atoms with Gasteiger partial charge in [-0.2, -0.15) is 0 Å². The smallest absolute Gasteiger partial charge is 0.240 e. The fourth-order valence-electron chi connectivity index (χ4n) is 5.24. The fourth-order valence-corrected chi connectivity index (χ4v) is 7.15. The molecule has 1 aromatic rings. The number of ether oxygens (including phenoxy) is 4. The van der Waals surface area contributed by atoms with Crippen molar-refractivity contribution in [3.05, 3.63) is 24.3 Å². The Kier molecular flexibility index (Phi) is 4.64. The summed E-state index contributed by atoms with van der Waals surface area (Å²) in [5, 5.41) is 0. The summed E-state index contributed by atoms with van der Waals surface area (Å²) in [6.07, 6.45) is -0.708. The molecule has 9 heteroatoms. The van der Waals surface area contributed by atoms with Gasteiger partial charge in [-0.25, -0.2) is 4.90 Å². The van der Waals surface area contributed by atoms with Crippen LogP contribution in [-0.2, 0) is 23.8 Å². The lowest BCUT2D eigenvalue weighted by Gasteiger charge is -2.39. The first-order valence-corrected chi connectivity index (χ1v) is 11.5. The van der Waals surface area contributed by atoms with E-state index in [1.54, 1.807) is 24.3 Å². The van der Waals surface area contributed by atoms with Crippen LogP contribution in [-0.4, -0.2) is 58.8 Å². The molecule has 0 N–H and O–H groups in total. The van der Waals surface area contributed by atoms with Gasteiger partial charge in [0, 0.05) is 0 Å². The van der Waals surface area contributed by atoms with E-state index >= 15 is 0 Å². The molecule has 5 rings (SSSR count). The zero-order valence-electron chi connectivity index (χ0n) is 16.0. The van der Waals surface area contributed by atoms with Crippen LogP contribution in [0.4, 0.5) is 5.69 Å². The normalized spacial score (nSPS) is 41.4. The molecule has 1 aromatic carbocycles. The van der Waals surface area contributed by atoms with Crippen molar-refractivity contribution in [2.75, 3.05) is 24.7 Å². The summed E-state index contributed by atoms with van der Waals surface area (Å²) in [6, 6.07) is 7.00. The Morgan fingerprint density at radius 3 is 2.31 bits per heavy atom. The molecule has 4 saturated heterocycles. The summed E-state index contributed by atoms with van der Waals surface area (Å²) >= 11 is 7.42. The number of hydrogen-bond acceptors (Lipinski definition) is 6. The predicted molar refractivity (Wildman–Crippen MR) is 110 cm³/mol. The Morgan fingerprint density at radius 2 is 1.69 bits per heavy atom. The Labute approximate surface area is 185 Å². The van der Waals surface area contributed by atoms with E-state index in [-0.39, 0.29) is 21.5 Å². The third kappa shape index (κ3) is 2.45. The molecule has 2 bridgehead atoms. The number of nitrogens with zero attached hydrogens (tertiary/aromatic N) is 1. The first kappa shape index (κ1) is 19.9. The van der Waals surface area contributed by atoms with Crippen LogP contribution in [0, 0.1) is 11.8 Å². The van der Waals surface area contributed by atoms with Crippen molar-refractivity contribution in [2.24, 2.45) is 11.8 Å². The van der Waals surface area contributed by atoms with Gasteiger partial charge in [0.15, 0.2) is 6.29 Å². The minimum atomic E-state index is -1.07. The average molecular weight is 531 g/mol. The molecule has 4 aliphatic heterocycles. The van der Waals surface area contributed by atoms with Crippen molar-refractivity contribution in [1.82, 2.24) is 0 Å². The van der Waals surface area contributed by atoms with E-state index in [4.69, 9.17) is 18.9 Å². The number of imide groups is 1. The van der Waals surface area contributed by atoms with Gasteiger partial charge in [0.05, 0.1) is 52.6 Å². The summed E-state index contributed by atoms with van der Waals surface area (Å²) in [5.74, 6) is -1.15. The number of amides is 2. The second-order valence-electron chi connectivity index (χ2n) is 7.91. The van der Waals surface area contributed by atoms with Crippen LogP contribution in [0.3, 0.4) is 0 Å². The Morgan fingerprint density at radius 1 is 1.07 bits per heavy atom. The van der Waals surface area contributed by atoms with Crippen LogP contribution in [0.1, 0.15) is 13.8 Å². The number of anilines is 1. The summed E-state index contributed by atoms with van der Waals surface area (Å²) < 4.78 is 23.5. The van der Waals surface area contributed by atoms with Gasteiger partial charge in [0.1, 0.15) is 11.4 Å². The molecule has 6 atom stereocenters. The van der Waals surface area contributed by atoms with Crippen molar-refractivity contribution in [2.45, 2.75) is 41.0 Å². The third-order valence-electron chi connectivity index (χ3n) is 6.44. The molecule has 156 valence electrons. The Bertz CT molecular complexity index is 855. The van der Waals surface area contributed by atoms with Gasteiger partial charge in [-0.1, -0.05) is 31.9 Å². The summed E-state index contributed by atoms with van der Waals surface area (Å²) in [4.78, 5) is 27.9. The van der Waals surface area contributed by atoms with Crippen molar-refractivity contribution >= 4 is 49.4 Å². The van der Waals surface area contributed by atoms with E-state index in [1.165, 1.54) is 4.90 Å². The molecule has 0 aromatic heterocycles. The minimum absolute atomic E-state index is 0.180. The molecular formula is C20H21Br2NO6. The molecular weight excluding hydrogens is 510 g/mol. The lowest BCUT2D eigenvalue weighted by molar-refractivity contribution is -0.200. The summed E-state index contributed by atoms with van der Waals surface area (Å²) in [6.45, 7) is 5.19. The van der Waals surface area contributed by atoms with E-state index < -0.39 is 29.3 Å². The molecule has 4 fully saturated rings. The van der Waals surface area contributed by atoms with Crippen molar-refractivity contribution in [1.29, 1.82) is 0 Å². The van der Waals surface area contributed by atoms with Crippen molar-refractivity contribution in [3.63, 3.8) is 0 Å². The van der Waals surface area contributed by atoms with Gasteiger partial charge < -0.3 is 18.9 Å². The molecule has 0 unspecified atom stereocenters. The maximum Gasteiger partial charge on any atom is 0.240 e. The van der Waals surface area contributed by atoms with E-state index in [9.17, 15) is 9.59 Å². The molecule has 0 saturated carbocycles. The van der Waals surface area contributed by atoms with E-state index in [2.05, 4.69) is 31.9 Å². The van der Waals surface area contributed by atoms with Crippen LogP contribution >= 0.6 is 31.9 Å². The van der Waals surface area contributed by atoms with Crippen LogP contribution in [0.15, 0.2) is 24.3 Å². The maximum atomic E-state index is 13.6. The monoisotopic (exact) mass is 529 g/mol. The summed E-state index contributed by atoms with van der Waals surface area (Å²) in [7, 11) is 0. The number of carbonyl (C=O) groups excluding carboxylic acids is 2. The van der Waals surface area contributed by atoms with Gasteiger partial charge in [0.25, 0.3) is 0 Å². The molecule has 0 spiro atoms. The lowest BCUT2D eigenvalue weighted by atomic mass is 9.67. The van der Waals surface area contributed by atoms with Gasteiger partial charge in [-0.15, -0.1) is 0 Å². The largest absolute Gasteiger partial charge is 0.494 e. The van der Waals surface area contributed by atoms with Crippen molar-refractivity contribution < 1.29 is 28.5 Å². The topological polar surface area (TPSA) is 74.3 Å². The molecule has 0 radical (unpaired) electrons. The SMILES string of the molecule is CCOc1ccc(N2C(=O)[C@@H]3[C@H](C2=O)[C@@]2(C4OCCO4)O[C@@]3(C)[C@H](Br)[C@H]2Br)cc1. The van der Waals surface area contributed by atoms with E-state index in [1.807, 2.05) is 13.8 Å². The Balaban J connectivity index is 1.57. The maximum absolute atomic E-state index is 13.6. The van der Waals surface area contributed by atoms with Gasteiger partial charge in [-0.05, 0) is 38.1 Å². The zero-order valence-corrected chi connectivity index (χ0v) is 19.1. The minimum Gasteiger partial charge on any atom is -0.494 e. The van der Waals surface area contributed by atoms with Gasteiger partial charge >= 0.3 is 0 Å². The predicted octanol–water partition coefficient (Wildman–Crippen LogP) is 2.63. The summed E-state index contributed by atoms with van der Waals surface area (Å²) in [5.41, 5.74) is -1.40. The number of hydrogen-bond donors (Lipinski definition) is 0. The molecule has 0 aliphatic carbocycles. The number of fused-ring (bicyclic) bond motifs is 5. The first-order valence-electron chi connectivity index (χ1n) is 9.68. The second kappa shape index (κ2) is 6.75. The van der Waals surface area contributed by atoms with Crippen LogP contribution < -0.4 is 9.64 Å². The number of halogens is 2. The molecule has 29 heavy (non-hydrogen) atoms. The van der Waals surface area contributed by atoms with Gasteiger partial charge in [-0.3, -0.25) is 9.59 Å². The molecule has 7 nitrogen and oxygen atoms in total. The van der Waals surface area contributed by atoms with Gasteiger partial charge in [0.2, 0.25) is 11.8 Å². The quantitative estimate of drug-likeness (QED) is 0.440. The number of alkyl halides is 2. The molecule has 4 aliphatic rings. The second-order valence-corrected chi connectivity index (χ2v) is 9.88. The molecule has 2 amide bonds. The average Bonchev–Trinajstić information content (AvgIpc) is 3.42. The highest BCUT2D eigenvalue weighted by Gasteiger charge is 2.82. The first-order chi connectivity index (χ1) is 13.9. The number of rotatable bonds is 4. The van der Waals surface area contributed by atoms with Crippen molar-refractivity contribution in [3.8, 4) is 5.75 Å². The molecule has 4 heterocycles. The highest BCUT2D eigenvalue weighted by Crippen LogP contribution is 2.66.